The fourth-order valence-electron chi connectivity index (χ4n) is 5.58. The minimum Gasteiger partial charge on any atom is -0.389 e. The van der Waals surface area contributed by atoms with Crippen LogP contribution in [0.25, 0.3) is 0 Å². The van der Waals surface area contributed by atoms with Gasteiger partial charge >= 0.3 is 0 Å². The van der Waals surface area contributed by atoms with Gasteiger partial charge in [0.15, 0.2) is 0 Å². The molecule has 0 aliphatic carbocycles. The van der Waals surface area contributed by atoms with E-state index in [0.29, 0.717) is 31.1 Å². The molecule has 3 aliphatic rings. The molecule has 3 saturated heterocycles. The van der Waals surface area contributed by atoms with Crippen molar-refractivity contribution in [2.45, 2.75) is 64.9 Å². The molecule has 0 radical (unpaired) electrons. The van der Waals surface area contributed by atoms with Crippen molar-refractivity contribution in [1.29, 1.82) is 0 Å². The summed E-state index contributed by atoms with van der Waals surface area (Å²) in [5.41, 5.74) is 2.15. The van der Waals surface area contributed by atoms with E-state index >= 15 is 0 Å². The summed E-state index contributed by atoms with van der Waals surface area (Å²) < 4.78 is 0. The number of hydrogen-bond acceptors (Lipinski definition) is 4. The zero-order valence-electron chi connectivity index (χ0n) is 19.9. The Morgan fingerprint density at radius 2 is 1.65 bits per heavy atom. The van der Waals surface area contributed by atoms with Crippen molar-refractivity contribution < 1.29 is 9.90 Å². The van der Waals surface area contributed by atoms with Crippen molar-refractivity contribution in [1.82, 2.24) is 9.80 Å². The number of nitrogens with zero attached hydrogens (tertiary/aromatic N) is 3. The standard InChI is InChI=1S/C26H41N3O2/c1-5-27-13-11-26(31,12-14-27)16-24(30)28-15-10-25(17-28)18-29(19-25)23-8-6-22(7-9-23)21(4)20(2)3/h6-9,20-21,31H,5,10-19H2,1-4H3. The summed E-state index contributed by atoms with van der Waals surface area (Å²) in [6.07, 6.45) is 2.80. The van der Waals surface area contributed by atoms with Crippen LogP contribution in [0, 0.1) is 11.3 Å². The first-order valence-corrected chi connectivity index (χ1v) is 12.3. The first-order chi connectivity index (χ1) is 14.7. The normalized spacial score (nSPS) is 23.9. The van der Waals surface area contributed by atoms with E-state index in [1.807, 2.05) is 4.90 Å². The van der Waals surface area contributed by atoms with Crippen LogP contribution in [-0.2, 0) is 4.79 Å². The number of benzene rings is 1. The molecule has 5 heteroatoms. The first kappa shape index (κ1) is 22.6. The van der Waals surface area contributed by atoms with Gasteiger partial charge in [-0.05, 0) is 55.3 Å². The van der Waals surface area contributed by atoms with E-state index in [4.69, 9.17) is 0 Å². The molecule has 0 saturated carbocycles. The van der Waals surface area contributed by atoms with Gasteiger partial charge in [-0.2, -0.15) is 0 Å². The second kappa shape index (κ2) is 8.74. The van der Waals surface area contributed by atoms with Crippen LogP contribution in [0.15, 0.2) is 24.3 Å². The maximum atomic E-state index is 12.9. The Morgan fingerprint density at radius 1 is 1.00 bits per heavy atom. The van der Waals surface area contributed by atoms with E-state index in [1.54, 1.807) is 0 Å². The van der Waals surface area contributed by atoms with Gasteiger partial charge in [-0.15, -0.1) is 0 Å². The molecule has 1 unspecified atom stereocenters. The number of likely N-dealkylation sites (tertiary alicyclic amines) is 2. The van der Waals surface area contributed by atoms with Crippen LogP contribution in [0.2, 0.25) is 0 Å². The smallest absolute Gasteiger partial charge is 0.225 e. The Morgan fingerprint density at radius 3 is 2.23 bits per heavy atom. The lowest BCUT2D eigenvalue weighted by atomic mass is 9.78. The summed E-state index contributed by atoms with van der Waals surface area (Å²) in [4.78, 5) is 19.8. The third-order valence-corrected chi connectivity index (χ3v) is 8.34. The highest BCUT2D eigenvalue weighted by molar-refractivity contribution is 5.78. The Kier molecular flexibility index (Phi) is 6.37. The van der Waals surface area contributed by atoms with Crippen molar-refractivity contribution in [3.8, 4) is 0 Å². The van der Waals surface area contributed by atoms with E-state index in [1.165, 1.54) is 11.3 Å². The Balaban J connectivity index is 1.27. The molecule has 3 heterocycles. The van der Waals surface area contributed by atoms with Crippen molar-refractivity contribution in [3.05, 3.63) is 29.8 Å². The lowest BCUT2D eigenvalue weighted by Crippen LogP contribution is -2.58. The summed E-state index contributed by atoms with van der Waals surface area (Å²) in [6, 6.07) is 9.08. The highest BCUT2D eigenvalue weighted by Crippen LogP contribution is 2.42. The van der Waals surface area contributed by atoms with Crippen molar-refractivity contribution in [2.24, 2.45) is 11.3 Å². The van der Waals surface area contributed by atoms with E-state index in [2.05, 4.69) is 61.8 Å². The van der Waals surface area contributed by atoms with E-state index in [9.17, 15) is 9.90 Å². The van der Waals surface area contributed by atoms with Gasteiger partial charge < -0.3 is 19.8 Å². The Bertz CT molecular complexity index is 761. The topological polar surface area (TPSA) is 47.0 Å². The van der Waals surface area contributed by atoms with Gasteiger partial charge in [0.2, 0.25) is 5.91 Å². The number of amides is 1. The van der Waals surface area contributed by atoms with Crippen LogP contribution in [0.3, 0.4) is 0 Å². The average molecular weight is 428 g/mol. The summed E-state index contributed by atoms with van der Waals surface area (Å²) in [6.45, 7) is 15.6. The molecule has 3 aliphatic heterocycles. The maximum Gasteiger partial charge on any atom is 0.225 e. The molecule has 1 spiro atoms. The molecule has 0 bridgehead atoms. The molecule has 1 N–H and O–H groups in total. The Hall–Kier alpha value is -1.59. The van der Waals surface area contributed by atoms with Gasteiger partial charge in [0.1, 0.15) is 0 Å². The minimum atomic E-state index is -0.807. The predicted octanol–water partition coefficient (Wildman–Crippen LogP) is 3.72. The molecule has 1 atom stereocenters. The molecule has 5 nitrogen and oxygen atoms in total. The molecule has 0 aromatic heterocycles. The van der Waals surface area contributed by atoms with E-state index in [-0.39, 0.29) is 11.3 Å². The molecular formula is C26H41N3O2. The number of carbonyl (C=O) groups excluding carboxylic acids is 1. The van der Waals surface area contributed by atoms with E-state index in [0.717, 1.165) is 52.2 Å². The zero-order valence-corrected chi connectivity index (χ0v) is 19.9. The van der Waals surface area contributed by atoms with Crippen LogP contribution in [-0.4, -0.2) is 72.2 Å². The predicted molar refractivity (Wildman–Crippen MR) is 126 cm³/mol. The Labute approximate surface area is 188 Å². The molecular weight excluding hydrogens is 386 g/mol. The van der Waals surface area contributed by atoms with Crippen LogP contribution in [0.5, 0.6) is 0 Å². The molecule has 172 valence electrons. The van der Waals surface area contributed by atoms with Crippen LogP contribution in [0.4, 0.5) is 5.69 Å². The second-order valence-corrected chi connectivity index (χ2v) is 10.9. The number of aliphatic hydroxyl groups is 1. The van der Waals surface area contributed by atoms with Gasteiger partial charge in [0, 0.05) is 50.4 Å². The fourth-order valence-corrected chi connectivity index (χ4v) is 5.58. The van der Waals surface area contributed by atoms with Crippen LogP contribution < -0.4 is 4.90 Å². The quantitative estimate of drug-likeness (QED) is 0.752. The first-order valence-electron chi connectivity index (χ1n) is 12.3. The number of hydrogen-bond donors (Lipinski definition) is 1. The third-order valence-electron chi connectivity index (χ3n) is 8.34. The van der Waals surface area contributed by atoms with Crippen molar-refractivity contribution >= 4 is 11.6 Å². The molecule has 1 aromatic rings. The highest BCUT2D eigenvalue weighted by Gasteiger charge is 2.49. The SMILES string of the molecule is CCN1CCC(O)(CC(=O)N2CCC3(C2)CN(c2ccc(C(C)C(C)C)cc2)C3)CC1. The molecule has 1 aromatic carbocycles. The van der Waals surface area contributed by atoms with Crippen LogP contribution in [0.1, 0.15) is 64.9 Å². The second-order valence-electron chi connectivity index (χ2n) is 10.9. The average Bonchev–Trinajstić information content (AvgIpc) is 3.19. The van der Waals surface area contributed by atoms with Gasteiger partial charge in [-0.25, -0.2) is 0 Å². The maximum absolute atomic E-state index is 12.9. The summed E-state index contributed by atoms with van der Waals surface area (Å²) >= 11 is 0. The summed E-state index contributed by atoms with van der Waals surface area (Å²) in [5.74, 6) is 1.38. The van der Waals surface area contributed by atoms with Gasteiger partial charge in [-0.1, -0.05) is 39.8 Å². The number of rotatable bonds is 6. The summed E-state index contributed by atoms with van der Waals surface area (Å²) in [5, 5.41) is 10.9. The lowest BCUT2D eigenvalue weighted by molar-refractivity contribution is -0.138. The molecule has 1 amide bonds. The zero-order chi connectivity index (χ0) is 22.2. The molecule has 4 rings (SSSR count). The van der Waals surface area contributed by atoms with Crippen LogP contribution >= 0.6 is 0 Å². The third kappa shape index (κ3) is 4.78. The van der Waals surface area contributed by atoms with Gasteiger partial charge in [-0.3, -0.25) is 4.79 Å². The van der Waals surface area contributed by atoms with Gasteiger partial charge in [0.05, 0.1) is 12.0 Å². The summed E-state index contributed by atoms with van der Waals surface area (Å²) in [7, 11) is 0. The van der Waals surface area contributed by atoms with Gasteiger partial charge in [0.25, 0.3) is 0 Å². The minimum absolute atomic E-state index is 0.148. The lowest BCUT2D eigenvalue weighted by Gasteiger charge is -2.49. The van der Waals surface area contributed by atoms with E-state index < -0.39 is 5.60 Å². The van der Waals surface area contributed by atoms with Crippen molar-refractivity contribution in [3.63, 3.8) is 0 Å². The fraction of sp³-hybridized carbons (Fsp3) is 0.731. The largest absolute Gasteiger partial charge is 0.389 e. The molecule has 31 heavy (non-hydrogen) atoms. The monoisotopic (exact) mass is 427 g/mol. The van der Waals surface area contributed by atoms with Crippen molar-refractivity contribution in [2.75, 3.05) is 50.7 Å². The number of piperidine rings is 1. The number of anilines is 1. The highest BCUT2D eigenvalue weighted by atomic mass is 16.3. The number of carbonyl (C=O) groups is 1. The molecule has 3 fully saturated rings.